The lowest BCUT2D eigenvalue weighted by Gasteiger charge is -2.20. The molecule has 0 saturated carbocycles. The van der Waals surface area contributed by atoms with Crippen molar-refractivity contribution in [3.63, 3.8) is 0 Å². The van der Waals surface area contributed by atoms with Gasteiger partial charge in [-0.15, -0.1) is 0 Å². The maximum absolute atomic E-state index is 12.8. The summed E-state index contributed by atoms with van der Waals surface area (Å²) < 4.78 is 48.8. The van der Waals surface area contributed by atoms with Gasteiger partial charge in [0.05, 0.1) is 18.7 Å². The normalized spacial score (nSPS) is 15.7. The quantitative estimate of drug-likeness (QED) is 0.424. The summed E-state index contributed by atoms with van der Waals surface area (Å²) in [5.74, 6) is -0.802. The molecule has 166 valence electrons. The van der Waals surface area contributed by atoms with Crippen molar-refractivity contribution in [2.24, 2.45) is 10.7 Å². The molecule has 2 rings (SSSR count). The Labute approximate surface area is 174 Å². The Morgan fingerprint density at radius 2 is 1.80 bits per heavy atom. The Bertz CT molecular complexity index is 785. The summed E-state index contributed by atoms with van der Waals surface area (Å²) in [5.41, 5.74) is 3.60. The van der Waals surface area contributed by atoms with Gasteiger partial charge in [0.15, 0.2) is 0 Å². The fraction of sp³-hybridized carbons (Fsp3) is 0.450. The Kier molecular flexibility index (Phi) is 10.0. The van der Waals surface area contributed by atoms with Gasteiger partial charge in [0.2, 0.25) is 11.8 Å². The summed E-state index contributed by atoms with van der Waals surface area (Å²) >= 11 is 0. The number of hydrogen-bond acceptors (Lipinski definition) is 7. The fourth-order valence-corrected chi connectivity index (χ4v) is 2.56. The maximum Gasteiger partial charge on any atom is 0.430 e. The number of alkyl halides is 3. The number of hydrogen-bond donors (Lipinski definition) is 4. The highest BCUT2D eigenvalue weighted by molar-refractivity contribution is 6.44. The van der Waals surface area contributed by atoms with Crippen molar-refractivity contribution in [1.29, 1.82) is 10.8 Å². The molecule has 1 heterocycles. The maximum atomic E-state index is 12.8. The average molecular weight is 427 g/mol. The van der Waals surface area contributed by atoms with E-state index in [2.05, 4.69) is 10.3 Å². The first-order chi connectivity index (χ1) is 14.2. The van der Waals surface area contributed by atoms with Crippen molar-refractivity contribution < 1.29 is 22.6 Å². The molecule has 0 aromatic heterocycles. The number of para-hydroxylation sites is 1. The number of aliphatic imine (C=N–C) groups is 1. The van der Waals surface area contributed by atoms with Crippen LogP contribution in [0.1, 0.15) is 32.3 Å². The second-order valence-electron chi connectivity index (χ2n) is 6.05. The third kappa shape index (κ3) is 7.51. The number of allylic oxidation sites excluding steroid dienone is 1. The van der Waals surface area contributed by atoms with Gasteiger partial charge in [-0.1, -0.05) is 26.0 Å². The van der Waals surface area contributed by atoms with E-state index < -0.39 is 23.7 Å². The van der Waals surface area contributed by atoms with Gasteiger partial charge in [0, 0.05) is 0 Å². The molecule has 5 N–H and O–H groups in total. The van der Waals surface area contributed by atoms with Crippen molar-refractivity contribution in [3.8, 4) is 5.75 Å². The van der Waals surface area contributed by atoms with Crippen molar-refractivity contribution >= 4 is 17.5 Å². The van der Waals surface area contributed by atoms with Gasteiger partial charge in [-0.3, -0.25) is 15.8 Å². The van der Waals surface area contributed by atoms with E-state index in [9.17, 15) is 13.2 Å². The van der Waals surface area contributed by atoms with E-state index in [4.69, 9.17) is 26.0 Å². The molecule has 7 nitrogen and oxygen atoms in total. The second kappa shape index (κ2) is 12.0. The Hall–Kier alpha value is -2.88. The standard InChI is InChI=1S/C18H22F3N5O2.C2H6/c1-27-14-5-3-2-4-12(14)16(23)28-17(24)13(10-15(22)18(19,20)21)26-11-6-8-25-9-7-11;1-2/h2-5,10-11,23-25H,6-9,22H2,1H3;1-2H3/b15-10-,23-16?,24-17?,26-13?;. The predicted octanol–water partition coefficient (Wildman–Crippen LogP) is 3.64. The van der Waals surface area contributed by atoms with Crippen molar-refractivity contribution in [2.45, 2.75) is 38.9 Å². The van der Waals surface area contributed by atoms with E-state index in [0.717, 1.165) is 0 Å². The SMILES string of the molecule is CC.COc1ccccc1C(=N)OC(=N)C(/C=C(\N)C(F)(F)F)=NC1CCNCC1. The summed E-state index contributed by atoms with van der Waals surface area (Å²) in [6.07, 6.45) is -2.97. The van der Waals surface area contributed by atoms with Crippen molar-refractivity contribution in [2.75, 3.05) is 20.2 Å². The first-order valence-electron chi connectivity index (χ1n) is 9.54. The minimum Gasteiger partial charge on any atom is -0.496 e. The Balaban J connectivity index is 0.00000218. The highest BCUT2D eigenvalue weighted by atomic mass is 19.4. The number of rotatable bonds is 5. The molecule has 1 fully saturated rings. The van der Waals surface area contributed by atoms with Gasteiger partial charge in [0.25, 0.3) is 0 Å². The van der Waals surface area contributed by atoms with Crippen molar-refractivity contribution in [3.05, 3.63) is 41.6 Å². The van der Waals surface area contributed by atoms with Gasteiger partial charge in [-0.05, 0) is 44.1 Å². The largest absolute Gasteiger partial charge is 0.496 e. The molecule has 1 aromatic rings. The lowest BCUT2D eigenvalue weighted by Crippen LogP contribution is -2.32. The van der Waals surface area contributed by atoms with Crippen LogP contribution in [0, 0.1) is 10.8 Å². The molecule has 1 aliphatic rings. The smallest absolute Gasteiger partial charge is 0.430 e. The first-order valence-corrected chi connectivity index (χ1v) is 9.54. The third-order valence-electron chi connectivity index (χ3n) is 4.04. The van der Waals surface area contributed by atoms with Crippen LogP contribution in [0.25, 0.3) is 0 Å². The zero-order valence-corrected chi connectivity index (χ0v) is 17.3. The molecule has 0 aliphatic carbocycles. The van der Waals surface area contributed by atoms with E-state index in [0.29, 0.717) is 37.8 Å². The molecule has 1 aromatic carbocycles. The summed E-state index contributed by atoms with van der Waals surface area (Å²) in [6.45, 7) is 5.34. The van der Waals surface area contributed by atoms with Crippen LogP contribution in [-0.4, -0.2) is 49.9 Å². The van der Waals surface area contributed by atoms with Crippen LogP contribution in [0.4, 0.5) is 13.2 Å². The molecule has 0 atom stereocenters. The van der Waals surface area contributed by atoms with E-state index in [-0.39, 0.29) is 17.3 Å². The average Bonchev–Trinajstić information content (AvgIpc) is 2.74. The lowest BCUT2D eigenvalue weighted by molar-refractivity contribution is -0.0925. The second-order valence-corrected chi connectivity index (χ2v) is 6.05. The summed E-state index contributed by atoms with van der Waals surface area (Å²) in [7, 11) is 1.41. The number of nitrogens with two attached hydrogens (primary N) is 1. The number of ether oxygens (including phenoxy) is 2. The Morgan fingerprint density at radius 3 is 2.37 bits per heavy atom. The van der Waals surface area contributed by atoms with Crippen molar-refractivity contribution in [1.82, 2.24) is 5.32 Å². The highest BCUT2D eigenvalue weighted by Gasteiger charge is 2.32. The third-order valence-corrected chi connectivity index (χ3v) is 4.04. The minimum atomic E-state index is -4.76. The van der Waals surface area contributed by atoms with E-state index in [1.54, 1.807) is 18.2 Å². The summed E-state index contributed by atoms with van der Waals surface area (Å²) in [6, 6.07) is 6.21. The fourth-order valence-electron chi connectivity index (χ4n) is 2.56. The molecular formula is C20H28F3N5O2. The van der Waals surface area contributed by atoms with E-state index in [1.165, 1.54) is 13.2 Å². The molecule has 0 amide bonds. The molecule has 10 heteroatoms. The van der Waals surface area contributed by atoms with Crippen LogP contribution >= 0.6 is 0 Å². The van der Waals surface area contributed by atoms with Crippen LogP contribution in [0.15, 0.2) is 41.0 Å². The molecule has 1 saturated heterocycles. The Morgan fingerprint density at radius 1 is 1.20 bits per heavy atom. The molecule has 0 radical (unpaired) electrons. The van der Waals surface area contributed by atoms with Crippen LogP contribution in [0.2, 0.25) is 0 Å². The van der Waals surface area contributed by atoms with Crippen LogP contribution in [0.3, 0.4) is 0 Å². The predicted molar refractivity (Wildman–Crippen MR) is 112 cm³/mol. The number of nitrogens with one attached hydrogen (secondary N) is 3. The molecular weight excluding hydrogens is 399 g/mol. The number of methoxy groups -OCH3 is 1. The lowest BCUT2D eigenvalue weighted by atomic mass is 10.1. The van der Waals surface area contributed by atoms with E-state index in [1.807, 2.05) is 13.8 Å². The minimum absolute atomic E-state index is 0.253. The van der Waals surface area contributed by atoms with Crippen LogP contribution in [0.5, 0.6) is 5.75 Å². The zero-order chi connectivity index (χ0) is 22.7. The van der Waals surface area contributed by atoms with Gasteiger partial charge in [-0.2, -0.15) is 13.2 Å². The number of benzene rings is 1. The molecule has 1 aliphatic heterocycles. The first kappa shape index (κ1) is 25.2. The molecule has 0 bridgehead atoms. The molecule has 30 heavy (non-hydrogen) atoms. The summed E-state index contributed by atoms with van der Waals surface area (Å²) in [5, 5.41) is 19.2. The van der Waals surface area contributed by atoms with Gasteiger partial charge in [-0.25, -0.2) is 0 Å². The van der Waals surface area contributed by atoms with Gasteiger partial charge in [0.1, 0.15) is 17.2 Å². The summed E-state index contributed by atoms with van der Waals surface area (Å²) in [4.78, 5) is 4.22. The number of piperidine rings is 1. The molecule has 0 unspecified atom stereocenters. The highest BCUT2D eigenvalue weighted by Crippen LogP contribution is 2.22. The number of nitrogens with zero attached hydrogens (tertiary/aromatic N) is 1. The monoisotopic (exact) mass is 427 g/mol. The topological polar surface area (TPSA) is 117 Å². The van der Waals surface area contributed by atoms with Gasteiger partial charge >= 0.3 is 6.18 Å². The number of halogens is 3. The zero-order valence-electron chi connectivity index (χ0n) is 17.3. The molecule has 0 spiro atoms. The van der Waals surface area contributed by atoms with E-state index >= 15 is 0 Å². The van der Waals surface area contributed by atoms with Crippen LogP contribution in [-0.2, 0) is 4.74 Å². The van der Waals surface area contributed by atoms with Crippen LogP contribution < -0.4 is 15.8 Å². The van der Waals surface area contributed by atoms with Gasteiger partial charge < -0.3 is 20.5 Å².